The quantitative estimate of drug-likeness (QED) is 0.662. The van der Waals surface area contributed by atoms with Crippen molar-refractivity contribution >= 4 is 34.4 Å². The van der Waals surface area contributed by atoms with Gasteiger partial charge in [-0.15, -0.1) is 0 Å². The molecular formula is C21H19ClF2N4O. The second-order valence-corrected chi connectivity index (χ2v) is 8.51. The zero-order chi connectivity index (χ0) is 20.3. The Hall–Kier alpha value is -2.54. The van der Waals surface area contributed by atoms with Crippen LogP contribution in [-0.4, -0.2) is 20.4 Å². The van der Waals surface area contributed by atoms with Crippen LogP contribution in [0.1, 0.15) is 25.8 Å². The van der Waals surface area contributed by atoms with E-state index < -0.39 is 11.6 Å². The standard InChI is InChI=1S/C21H19ClF2N4O/c1-10(21(29)27-19-3-2-11(22)8-25-19)20-13-4-12(5-14(13)20)28-9-26-17-6-15(23)16(24)7-18(17)28/h2-3,6-10,12-14,20H,4-5H2,1H3,(H,25,27,29)/t10?,12-,13-,14+,20+. The number of aromatic nitrogens is 3. The molecule has 0 radical (unpaired) electrons. The van der Waals surface area contributed by atoms with Gasteiger partial charge >= 0.3 is 0 Å². The summed E-state index contributed by atoms with van der Waals surface area (Å²) < 4.78 is 29.0. The van der Waals surface area contributed by atoms with Gasteiger partial charge in [0.1, 0.15) is 5.82 Å². The fraction of sp³-hybridized carbons (Fsp3) is 0.381. The number of halogens is 3. The molecule has 0 bridgehead atoms. The molecule has 2 heterocycles. The van der Waals surface area contributed by atoms with Gasteiger partial charge in [-0.2, -0.15) is 0 Å². The lowest BCUT2D eigenvalue weighted by Crippen LogP contribution is -2.24. The summed E-state index contributed by atoms with van der Waals surface area (Å²) >= 11 is 5.82. The topological polar surface area (TPSA) is 59.8 Å². The molecule has 0 aliphatic heterocycles. The van der Waals surface area contributed by atoms with Crippen molar-refractivity contribution in [1.82, 2.24) is 14.5 Å². The van der Waals surface area contributed by atoms with E-state index in [9.17, 15) is 13.6 Å². The van der Waals surface area contributed by atoms with Gasteiger partial charge in [0, 0.05) is 30.3 Å². The number of anilines is 1. The zero-order valence-electron chi connectivity index (χ0n) is 15.6. The first kappa shape index (κ1) is 18.5. The summed E-state index contributed by atoms with van der Waals surface area (Å²) in [6, 6.07) is 5.92. The molecule has 150 valence electrons. The minimum absolute atomic E-state index is 0.0404. The number of hydrogen-bond donors (Lipinski definition) is 1. The Bertz CT molecular complexity index is 1090. The summed E-state index contributed by atoms with van der Waals surface area (Å²) in [7, 11) is 0. The van der Waals surface area contributed by atoms with Crippen molar-refractivity contribution in [1.29, 1.82) is 0 Å². The van der Waals surface area contributed by atoms with Crippen molar-refractivity contribution in [3.8, 4) is 0 Å². The van der Waals surface area contributed by atoms with Crippen LogP contribution in [0.4, 0.5) is 14.6 Å². The molecule has 0 saturated heterocycles. The summed E-state index contributed by atoms with van der Waals surface area (Å²) in [6.07, 6.45) is 4.99. The molecule has 2 saturated carbocycles. The molecular weight excluding hydrogens is 398 g/mol. The number of fused-ring (bicyclic) bond motifs is 2. The summed E-state index contributed by atoms with van der Waals surface area (Å²) in [5, 5.41) is 3.37. The summed E-state index contributed by atoms with van der Waals surface area (Å²) in [5.74, 6) is -0.149. The number of carbonyl (C=O) groups excluding carboxylic acids is 1. The summed E-state index contributed by atoms with van der Waals surface area (Å²) in [6.45, 7) is 1.95. The predicted octanol–water partition coefficient (Wildman–Crippen LogP) is 4.83. The lowest BCUT2D eigenvalue weighted by Gasteiger charge is -2.19. The Labute approximate surface area is 171 Å². The number of amides is 1. The molecule has 1 aromatic carbocycles. The molecule has 1 N–H and O–H groups in total. The van der Waals surface area contributed by atoms with E-state index in [0.717, 1.165) is 18.9 Å². The summed E-state index contributed by atoms with van der Waals surface area (Å²) in [5.41, 5.74) is 1.08. The fourth-order valence-electron chi connectivity index (χ4n) is 5.01. The van der Waals surface area contributed by atoms with Crippen LogP contribution in [0.25, 0.3) is 11.0 Å². The van der Waals surface area contributed by atoms with E-state index in [4.69, 9.17) is 11.6 Å². The minimum atomic E-state index is -0.882. The van der Waals surface area contributed by atoms with Gasteiger partial charge in [0.25, 0.3) is 0 Å². The molecule has 2 aliphatic rings. The van der Waals surface area contributed by atoms with E-state index in [2.05, 4.69) is 15.3 Å². The molecule has 0 spiro atoms. The highest BCUT2D eigenvalue weighted by Gasteiger charge is 2.59. The van der Waals surface area contributed by atoms with Crippen LogP contribution in [0.5, 0.6) is 0 Å². The monoisotopic (exact) mass is 416 g/mol. The van der Waals surface area contributed by atoms with E-state index in [-0.39, 0.29) is 17.9 Å². The third-order valence-electron chi connectivity index (χ3n) is 6.47. The zero-order valence-corrected chi connectivity index (χ0v) is 16.4. The van der Waals surface area contributed by atoms with E-state index in [1.165, 1.54) is 12.3 Å². The summed E-state index contributed by atoms with van der Waals surface area (Å²) in [4.78, 5) is 20.9. The van der Waals surface area contributed by atoms with Crippen molar-refractivity contribution in [3.63, 3.8) is 0 Å². The fourth-order valence-corrected chi connectivity index (χ4v) is 5.12. The van der Waals surface area contributed by atoms with E-state index in [1.54, 1.807) is 18.5 Å². The van der Waals surface area contributed by atoms with E-state index in [0.29, 0.717) is 39.6 Å². The van der Waals surface area contributed by atoms with Crippen molar-refractivity contribution < 1.29 is 13.6 Å². The van der Waals surface area contributed by atoms with E-state index in [1.807, 2.05) is 11.5 Å². The Balaban J connectivity index is 1.25. The van der Waals surface area contributed by atoms with Crippen LogP contribution in [0, 0.1) is 35.3 Å². The molecule has 5 atom stereocenters. The number of rotatable bonds is 4. The highest BCUT2D eigenvalue weighted by atomic mass is 35.5. The molecule has 2 aliphatic carbocycles. The number of nitrogens with zero attached hydrogens (tertiary/aromatic N) is 3. The maximum Gasteiger partial charge on any atom is 0.228 e. The number of carbonyl (C=O) groups is 1. The molecule has 5 rings (SSSR count). The highest BCUT2D eigenvalue weighted by molar-refractivity contribution is 6.30. The number of imidazole rings is 1. The lowest BCUT2D eigenvalue weighted by atomic mass is 9.96. The van der Waals surface area contributed by atoms with Crippen LogP contribution >= 0.6 is 11.6 Å². The van der Waals surface area contributed by atoms with Gasteiger partial charge in [-0.05, 0) is 42.7 Å². The molecule has 29 heavy (non-hydrogen) atoms. The number of nitrogens with one attached hydrogen (secondary N) is 1. The van der Waals surface area contributed by atoms with Crippen LogP contribution < -0.4 is 5.32 Å². The van der Waals surface area contributed by atoms with Gasteiger partial charge in [-0.25, -0.2) is 18.7 Å². The Morgan fingerprint density at radius 1 is 1.21 bits per heavy atom. The van der Waals surface area contributed by atoms with Crippen molar-refractivity contribution in [2.45, 2.75) is 25.8 Å². The predicted molar refractivity (Wildman–Crippen MR) is 105 cm³/mol. The molecule has 1 unspecified atom stereocenters. The Kier molecular flexibility index (Phi) is 4.31. The minimum Gasteiger partial charge on any atom is -0.327 e. The molecule has 5 nitrogen and oxygen atoms in total. The second kappa shape index (κ2) is 6.76. The average Bonchev–Trinajstić information content (AvgIpc) is 3.02. The van der Waals surface area contributed by atoms with Gasteiger partial charge in [0.2, 0.25) is 5.91 Å². The Morgan fingerprint density at radius 2 is 1.93 bits per heavy atom. The van der Waals surface area contributed by atoms with Crippen LogP contribution in [0.3, 0.4) is 0 Å². The third-order valence-corrected chi connectivity index (χ3v) is 6.69. The molecule has 2 aromatic heterocycles. The van der Waals surface area contributed by atoms with Crippen LogP contribution in [0.2, 0.25) is 5.02 Å². The van der Waals surface area contributed by atoms with Gasteiger partial charge in [0.15, 0.2) is 11.6 Å². The van der Waals surface area contributed by atoms with Crippen LogP contribution in [0.15, 0.2) is 36.8 Å². The normalized spacial score (nSPS) is 26.3. The smallest absolute Gasteiger partial charge is 0.228 e. The first-order valence-corrected chi connectivity index (χ1v) is 10.0. The van der Waals surface area contributed by atoms with Gasteiger partial charge in [-0.1, -0.05) is 18.5 Å². The third kappa shape index (κ3) is 3.17. The molecule has 3 aromatic rings. The Morgan fingerprint density at radius 3 is 2.62 bits per heavy atom. The number of pyridine rings is 1. The van der Waals surface area contributed by atoms with Crippen molar-refractivity contribution in [2.24, 2.45) is 23.7 Å². The van der Waals surface area contributed by atoms with E-state index >= 15 is 0 Å². The molecule has 8 heteroatoms. The van der Waals surface area contributed by atoms with Gasteiger partial charge in [0.05, 0.1) is 22.4 Å². The maximum absolute atomic E-state index is 13.7. The number of benzene rings is 1. The first-order valence-electron chi connectivity index (χ1n) is 9.66. The molecule has 1 amide bonds. The van der Waals surface area contributed by atoms with Crippen molar-refractivity contribution in [2.75, 3.05) is 5.32 Å². The lowest BCUT2D eigenvalue weighted by molar-refractivity contribution is -0.120. The SMILES string of the molecule is CC(C(=O)Nc1ccc(Cl)cn1)[C@H]1[C@@H]2C[C@@H](n3cnc4cc(F)c(F)cc43)C[C@@H]21. The highest BCUT2D eigenvalue weighted by Crippen LogP contribution is 2.64. The number of hydrogen-bond acceptors (Lipinski definition) is 3. The van der Waals surface area contributed by atoms with Crippen molar-refractivity contribution in [3.05, 3.63) is 53.4 Å². The largest absolute Gasteiger partial charge is 0.327 e. The first-order chi connectivity index (χ1) is 13.9. The van der Waals surface area contributed by atoms with Gasteiger partial charge < -0.3 is 9.88 Å². The molecule has 2 fully saturated rings. The average molecular weight is 417 g/mol. The van der Waals surface area contributed by atoms with Crippen LogP contribution in [-0.2, 0) is 4.79 Å². The van der Waals surface area contributed by atoms with Gasteiger partial charge in [-0.3, -0.25) is 4.79 Å². The maximum atomic E-state index is 13.7. The second-order valence-electron chi connectivity index (χ2n) is 8.08.